The molecule has 1 aromatic heterocycles. The van der Waals surface area contributed by atoms with Crippen molar-refractivity contribution in [3.63, 3.8) is 0 Å². The van der Waals surface area contributed by atoms with Crippen LogP contribution in [0.4, 0.5) is 0 Å². The van der Waals surface area contributed by atoms with Gasteiger partial charge in [0.25, 0.3) is 0 Å². The van der Waals surface area contributed by atoms with E-state index in [-0.39, 0.29) is 0 Å². The summed E-state index contributed by atoms with van der Waals surface area (Å²) in [5.74, 6) is 0.705. The van der Waals surface area contributed by atoms with Gasteiger partial charge >= 0.3 is 0 Å². The second-order valence-electron chi connectivity index (χ2n) is 4.22. The zero-order valence-electron chi connectivity index (χ0n) is 9.15. The summed E-state index contributed by atoms with van der Waals surface area (Å²) in [4.78, 5) is 5.60. The summed E-state index contributed by atoms with van der Waals surface area (Å²) >= 11 is 1.95. The van der Waals surface area contributed by atoms with Gasteiger partial charge in [-0.05, 0) is 44.4 Å². The molecule has 2 N–H and O–H groups in total. The Kier molecular flexibility index (Phi) is 3.65. The fourth-order valence-electron chi connectivity index (χ4n) is 2.13. The van der Waals surface area contributed by atoms with Crippen LogP contribution in [0.25, 0.3) is 0 Å². The van der Waals surface area contributed by atoms with Gasteiger partial charge in [0.2, 0.25) is 0 Å². The second-order valence-corrected chi connectivity index (χ2v) is 5.53. The van der Waals surface area contributed by atoms with Gasteiger partial charge in [0.15, 0.2) is 0 Å². The maximum atomic E-state index is 5.77. The molecule has 15 heavy (non-hydrogen) atoms. The van der Waals surface area contributed by atoms with Crippen molar-refractivity contribution in [3.05, 3.63) is 24.0 Å². The minimum Gasteiger partial charge on any atom is -0.330 e. The fourth-order valence-corrected chi connectivity index (χ4v) is 3.46. The molecule has 82 valence electrons. The van der Waals surface area contributed by atoms with E-state index in [0.717, 1.165) is 12.2 Å². The molecule has 1 heterocycles. The highest BCUT2D eigenvalue weighted by molar-refractivity contribution is 8.00. The van der Waals surface area contributed by atoms with Gasteiger partial charge < -0.3 is 5.73 Å². The number of thioether (sulfide) groups is 1. The second kappa shape index (κ2) is 4.99. The summed E-state index contributed by atoms with van der Waals surface area (Å²) in [5, 5.41) is 0.708. The van der Waals surface area contributed by atoms with Crippen molar-refractivity contribution in [1.29, 1.82) is 0 Å². The molecule has 0 amide bonds. The van der Waals surface area contributed by atoms with E-state index in [9.17, 15) is 0 Å². The zero-order chi connectivity index (χ0) is 10.7. The van der Waals surface area contributed by atoms with Gasteiger partial charge in [-0.25, -0.2) is 0 Å². The molecule has 0 bridgehead atoms. The molecule has 2 unspecified atom stereocenters. The molecule has 0 aromatic carbocycles. The van der Waals surface area contributed by atoms with Gasteiger partial charge in [-0.15, -0.1) is 11.8 Å². The van der Waals surface area contributed by atoms with Gasteiger partial charge in [-0.1, -0.05) is 6.42 Å². The fraction of sp³-hybridized carbons (Fsp3) is 0.583. The summed E-state index contributed by atoms with van der Waals surface area (Å²) < 4.78 is 0. The van der Waals surface area contributed by atoms with E-state index in [1.165, 1.54) is 24.2 Å². The van der Waals surface area contributed by atoms with Crippen LogP contribution in [0, 0.1) is 12.8 Å². The molecule has 1 aliphatic rings. The Balaban J connectivity index is 1.99. The highest BCUT2D eigenvalue weighted by atomic mass is 32.2. The van der Waals surface area contributed by atoms with E-state index in [1.807, 2.05) is 24.9 Å². The molecule has 1 fully saturated rings. The van der Waals surface area contributed by atoms with Crippen molar-refractivity contribution in [1.82, 2.24) is 4.98 Å². The van der Waals surface area contributed by atoms with Crippen molar-refractivity contribution in [3.8, 4) is 0 Å². The first-order valence-corrected chi connectivity index (χ1v) is 6.47. The summed E-state index contributed by atoms with van der Waals surface area (Å²) in [5.41, 5.74) is 6.86. The molecular weight excluding hydrogens is 204 g/mol. The molecule has 0 saturated heterocycles. The van der Waals surface area contributed by atoms with Crippen LogP contribution < -0.4 is 5.73 Å². The zero-order valence-corrected chi connectivity index (χ0v) is 9.96. The monoisotopic (exact) mass is 222 g/mol. The van der Waals surface area contributed by atoms with E-state index in [0.29, 0.717) is 11.2 Å². The third kappa shape index (κ3) is 2.73. The maximum absolute atomic E-state index is 5.77. The van der Waals surface area contributed by atoms with Crippen molar-refractivity contribution in [2.75, 3.05) is 6.54 Å². The minimum atomic E-state index is 0.705. The number of aryl methyl sites for hydroxylation is 1. The summed E-state index contributed by atoms with van der Waals surface area (Å²) in [6, 6.07) is 4.24. The molecule has 2 nitrogen and oxygen atoms in total. The number of hydrogen-bond acceptors (Lipinski definition) is 3. The lowest BCUT2D eigenvalue weighted by Crippen LogP contribution is -2.20. The number of pyridine rings is 1. The highest BCUT2D eigenvalue weighted by Crippen LogP contribution is 2.38. The highest BCUT2D eigenvalue weighted by Gasteiger charge is 2.26. The van der Waals surface area contributed by atoms with Crippen molar-refractivity contribution in [2.45, 2.75) is 36.3 Å². The molecule has 0 spiro atoms. The Bertz CT molecular complexity index is 310. The van der Waals surface area contributed by atoms with Gasteiger partial charge in [-0.3, -0.25) is 4.98 Å². The van der Waals surface area contributed by atoms with Crippen LogP contribution in [-0.2, 0) is 0 Å². The predicted octanol–water partition coefficient (Wildman–Crippen LogP) is 2.61. The lowest BCUT2D eigenvalue weighted by atomic mass is 10.1. The largest absolute Gasteiger partial charge is 0.330 e. The smallest absolute Gasteiger partial charge is 0.0407 e. The first-order valence-electron chi connectivity index (χ1n) is 5.59. The minimum absolute atomic E-state index is 0.705. The van der Waals surface area contributed by atoms with Crippen LogP contribution in [0.2, 0.25) is 0 Å². The van der Waals surface area contributed by atoms with E-state index in [4.69, 9.17) is 5.73 Å². The van der Waals surface area contributed by atoms with Crippen molar-refractivity contribution >= 4 is 11.8 Å². The summed E-state index contributed by atoms with van der Waals surface area (Å²) in [6.07, 6.45) is 5.92. The maximum Gasteiger partial charge on any atom is 0.0407 e. The van der Waals surface area contributed by atoms with Crippen LogP contribution in [0.15, 0.2) is 23.2 Å². The number of nitrogens with zero attached hydrogens (tertiary/aromatic N) is 1. The van der Waals surface area contributed by atoms with E-state index >= 15 is 0 Å². The van der Waals surface area contributed by atoms with Gasteiger partial charge in [0.05, 0.1) is 0 Å². The molecule has 0 aliphatic heterocycles. The standard InChI is InChI=1S/C12H18N2S/c1-9-5-6-11(8-14-9)15-12-4-2-3-10(12)7-13/h5-6,8,10,12H,2-4,7,13H2,1H3. The van der Waals surface area contributed by atoms with E-state index in [1.54, 1.807) is 0 Å². The van der Waals surface area contributed by atoms with E-state index < -0.39 is 0 Å². The number of rotatable bonds is 3. The van der Waals surface area contributed by atoms with Gasteiger partial charge in [0, 0.05) is 22.0 Å². The molecule has 2 atom stereocenters. The molecular formula is C12H18N2S. The molecule has 0 radical (unpaired) electrons. The van der Waals surface area contributed by atoms with E-state index in [2.05, 4.69) is 17.1 Å². The molecule has 2 rings (SSSR count). The topological polar surface area (TPSA) is 38.9 Å². The third-order valence-corrected chi connectivity index (χ3v) is 4.50. The van der Waals surface area contributed by atoms with Crippen LogP contribution >= 0.6 is 11.8 Å². The van der Waals surface area contributed by atoms with Crippen LogP contribution in [0.5, 0.6) is 0 Å². The molecule has 1 saturated carbocycles. The number of aromatic nitrogens is 1. The number of hydrogen-bond donors (Lipinski definition) is 1. The summed E-state index contributed by atoms with van der Waals surface area (Å²) in [7, 11) is 0. The van der Waals surface area contributed by atoms with Gasteiger partial charge in [0.1, 0.15) is 0 Å². The predicted molar refractivity (Wildman–Crippen MR) is 65.0 cm³/mol. The van der Waals surface area contributed by atoms with Crippen molar-refractivity contribution in [2.24, 2.45) is 11.7 Å². The quantitative estimate of drug-likeness (QED) is 0.854. The molecule has 3 heteroatoms. The third-order valence-electron chi connectivity index (χ3n) is 3.06. The lowest BCUT2D eigenvalue weighted by Gasteiger charge is -2.16. The normalized spacial score (nSPS) is 25.7. The Labute approximate surface area is 95.7 Å². The van der Waals surface area contributed by atoms with Crippen LogP contribution in [0.3, 0.4) is 0 Å². The van der Waals surface area contributed by atoms with Crippen LogP contribution in [-0.4, -0.2) is 16.8 Å². The lowest BCUT2D eigenvalue weighted by molar-refractivity contribution is 0.573. The number of nitrogens with two attached hydrogens (primary N) is 1. The van der Waals surface area contributed by atoms with Crippen molar-refractivity contribution < 1.29 is 0 Å². The van der Waals surface area contributed by atoms with Crippen LogP contribution in [0.1, 0.15) is 25.0 Å². The first-order chi connectivity index (χ1) is 7.29. The Morgan fingerprint density at radius 3 is 3.00 bits per heavy atom. The Morgan fingerprint density at radius 2 is 2.33 bits per heavy atom. The summed E-state index contributed by atoms with van der Waals surface area (Å²) in [6.45, 7) is 2.85. The molecule has 1 aliphatic carbocycles. The Hall–Kier alpha value is -0.540. The first kappa shape index (κ1) is 11.0. The average molecular weight is 222 g/mol. The van der Waals surface area contributed by atoms with Gasteiger partial charge in [-0.2, -0.15) is 0 Å². The SMILES string of the molecule is Cc1ccc(SC2CCCC2CN)cn1. The average Bonchev–Trinajstić information content (AvgIpc) is 2.69. The Morgan fingerprint density at radius 1 is 1.47 bits per heavy atom. The molecule has 1 aromatic rings.